The molecular formula is C23H22Cl2N6O3. The van der Waals surface area contributed by atoms with Gasteiger partial charge in [-0.15, -0.1) is 0 Å². The van der Waals surface area contributed by atoms with Crippen molar-refractivity contribution in [3.05, 3.63) is 69.7 Å². The molecule has 34 heavy (non-hydrogen) atoms. The van der Waals surface area contributed by atoms with E-state index in [1.165, 1.54) is 17.3 Å². The van der Waals surface area contributed by atoms with Gasteiger partial charge < -0.3 is 16.0 Å². The van der Waals surface area contributed by atoms with Crippen molar-refractivity contribution in [2.24, 2.45) is 5.92 Å². The molecule has 9 nitrogen and oxygen atoms in total. The normalized spacial score (nSPS) is 21.7. The van der Waals surface area contributed by atoms with Crippen molar-refractivity contribution < 1.29 is 14.4 Å². The minimum absolute atomic E-state index is 0.000338. The summed E-state index contributed by atoms with van der Waals surface area (Å²) >= 11 is 12.6. The largest absolute Gasteiger partial charge is 0.344 e. The highest BCUT2D eigenvalue weighted by Gasteiger charge is 2.46. The molecule has 1 saturated heterocycles. The molecule has 1 saturated carbocycles. The van der Waals surface area contributed by atoms with E-state index >= 15 is 0 Å². The van der Waals surface area contributed by atoms with Gasteiger partial charge in [-0.3, -0.25) is 19.3 Å². The van der Waals surface area contributed by atoms with Gasteiger partial charge in [0.1, 0.15) is 29.3 Å². The minimum atomic E-state index is -1.16. The molecule has 3 amide bonds. The molecule has 1 aliphatic heterocycles. The molecule has 2 heterocycles. The highest BCUT2D eigenvalue weighted by Crippen LogP contribution is 2.36. The predicted molar refractivity (Wildman–Crippen MR) is 128 cm³/mol. The standard InChI is InChI=1S/C23H22Cl2N6O3/c1-13(28-18-10-19(27-11-26-18)29-21(33)14-6-7-14)8-17(25)20-22(34)30-23(2,31(20)12-32)15-4-3-5-16(24)9-15/h3-5,8-12,14H,6-7H2,1-2H3,(H,30,34)(H2,26,27,28,29,33)/b13-8+,20-17+. The van der Waals surface area contributed by atoms with Crippen LogP contribution in [0.5, 0.6) is 0 Å². The van der Waals surface area contributed by atoms with Crippen LogP contribution in [0, 0.1) is 5.92 Å². The van der Waals surface area contributed by atoms with Crippen LogP contribution in [0.25, 0.3) is 0 Å². The first-order valence-corrected chi connectivity index (χ1v) is 11.3. The number of benzene rings is 1. The van der Waals surface area contributed by atoms with Crippen LogP contribution in [0.1, 0.15) is 32.3 Å². The first-order chi connectivity index (χ1) is 16.2. The summed E-state index contributed by atoms with van der Waals surface area (Å²) in [6.45, 7) is 3.41. The first-order valence-electron chi connectivity index (χ1n) is 10.5. The highest BCUT2D eigenvalue weighted by molar-refractivity contribution is 6.34. The number of nitrogens with zero attached hydrogens (tertiary/aromatic N) is 3. The molecule has 2 aliphatic rings. The van der Waals surface area contributed by atoms with Crippen molar-refractivity contribution in [3.8, 4) is 0 Å². The third-order valence-electron chi connectivity index (χ3n) is 5.55. The first kappa shape index (κ1) is 23.7. The van der Waals surface area contributed by atoms with Crippen molar-refractivity contribution in [1.82, 2.24) is 20.2 Å². The van der Waals surface area contributed by atoms with Crippen LogP contribution in [-0.4, -0.2) is 33.1 Å². The number of carbonyl (C=O) groups excluding carboxylic acids is 3. The molecule has 1 aromatic carbocycles. The van der Waals surface area contributed by atoms with Crippen LogP contribution in [0.4, 0.5) is 11.6 Å². The van der Waals surface area contributed by atoms with Gasteiger partial charge in [0.15, 0.2) is 0 Å². The fourth-order valence-electron chi connectivity index (χ4n) is 3.62. The van der Waals surface area contributed by atoms with E-state index in [-0.39, 0.29) is 22.6 Å². The molecule has 1 unspecified atom stereocenters. The Bertz CT molecular complexity index is 1230. The van der Waals surface area contributed by atoms with Gasteiger partial charge in [0.2, 0.25) is 12.3 Å². The number of hydrogen-bond donors (Lipinski definition) is 3. The van der Waals surface area contributed by atoms with Gasteiger partial charge >= 0.3 is 0 Å². The number of anilines is 2. The van der Waals surface area contributed by atoms with Gasteiger partial charge in [-0.2, -0.15) is 0 Å². The Hall–Kier alpha value is -3.43. The lowest BCUT2D eigenvalue weighted by atomic mass is 10.0. The number of carbonyl (C=O) groups is 3. The summed E-state index contributed by atoms with van der Waals surface area (Å²) in [4.78, 5) is 46.2. The average molecular weight is 501 g/mol. The number of halogens is 2. The van der Waals surface area contributed by atoms with E-state index in [1.807, 2.05) is 0 Å². The summed E-state index contributed by atoms with van der Waals surface area (Å²) in [5.74, 6) is 0.293. The smallest absolute Gasteiger partial charge is 0.271 e. The Morgan fingerprint density at radius 2 is 1.94 bits per heavy atom. The van der Waals surface area contributed by atoms with Gasteiger partial charge in [-0.05, 0) is 50.5 Å². The Morgan fingerprint density at radius 1 is 1.24 bits per heavy atom. The van der Waals surface area contributed by atoms with Crippen LogP contribution in [0.3, 0.4) is 0 Å². The van der Waals surface area contributed by atoms with Gasteiger partial charge in [-0.25, -0.2) is 9.97 Å². The van der Waals surface area contributed by atoms with E-state index in [9.17, 15) is 14.4 Å². The lowest BCUT2D eigenvalue weighted by Crippen LogP contribution is -2.45. The molecule has 3 N–H and O–H groups in total. The zero-order valence-electron chi connectivity index (χ0n) is 18.4. The van der Waals surface area contributed by atoms with Crippen LogP contribution in [0.2, 0.25) is 5.02 Å². The summed E-state index contributed by atoms with van der Waals surface area (Å²) in [6.07, 6.45) is 5.17. The maximum Gasteiger partial charge on any atom is 0.271 e. The topological polar surface area (TPSA) is 116 Å². The molecule has 1 aliphatic carbocycles. The lowest BCUT2D eigenvalue weighted by molar-refractivity contribution is -0.120. The Labute approximate surface area is 206 Å². The second-order valence-corrected chi connectivity index (χ2v) is 9.06. The third kappa shape index (κ3) is 4.90. The van der Waals surface area contributed by atoms with Crippen molar-refractivity contribution in [2.75, 3.05) is 10.6 Å². The van der Waals surface area contributed by atoms with E-state index < -0.39 is 11.6 Å². The van der Waals surface area contributed by atoms with Gasteiger partial charge in [-0.1, -0.05) is 35.3 Å². The summed E-state index contributed by atoms with van der Waals surface area (Å²) < 4.78 is 0. The molecule has 0 bridgehead atoms. The SMILES string of the molecule is C/C(=C\C(Cl)=C1\C(=O)NC(C)(c2cccc(Cl)c2)N1C=O)Nc1cc(NC(=O)C2CC2)ncn1. The van der Waals surface area contributed by atoms with E-state index in [1.54, 1.807) is 44.2 Å². The molecule has 2 aromatic rings. The summed E-state index contributed by atoms with van der Waals surface area (Å²) in [6, 6.07) is 8.46. The quantitative estimate of drug-likeness (QED) is 0.394. The van der Waals surface area contributed by atoms with E-state index in [0.717, 1.165) is 12.8 Å². The number of nitrogens with one attached hydrogen (secondary N) is 3. The molecular weight excluding hydrogens is 479 g/mol. The molecule has 1 atom stereocenters. The summed E-state index contributed by atoms with van der Waals surface area (Å²) in [7, 11) is 0. The third-order valence-corrected chi connectivity index (χ3v) is 6.07. The van der Waals surface area contributed by atoms with E-state index in [2.05, 4.69) is 25.9 Å². The van der Waals surface area contributed by atoms with Gasteiger partial charge in [0.05, 0.1) is 5.03 Å². The van der Waals surface area contributed by atoms with E-state index in [0.29, 0.717) is 34.3 Å². The van der Waals surface area contributed by atoms with Crippen LogP contribution in [0.15, 0.2) is 59.2 Å². The fraction of sp³-hybridized carbons (Fsp3) is 0.261. The van der Waals surface area contributed by atoms with Gasteiger partial charge in [0, 0.05) is 22.7 Å². The zero-order chi connectivity index (χ0) is 24.5. The minimum Gasteiger partial charge on any atom is -0.344 e. The summed E-state index contributed by atoms with van der Waals surface area (Å²) in [5, 5.41) is 9.14. The fourth-order valence-corrected chi connectivity index (χ4v) is 4.15. The molecule has 4 rings (SSSR count). The molecule has 176 valence electrons. The predicted octanol–water partition coefficient (Wildman–Crippen LogP) is 3.71. The number of hydrogen-bond acceptors (Lipinski definition) is 6. The number of rotatable bonds is 7. The molecule has 0 spiro atoms. The number of aromatic nitrogens is 2. The maximum atomic E-state index is 12.8. The van der Waals surface area contributed by atoms with Crippen LogP contribution in [-0.2, 0) is 20.0 Å². The monoisotopic (exact) mass is 500 g/mol. The number of allylic oxidation sites excluding steroid dienone is 3. The summed E-state index contributed by atoms with van der Waals surface area (Å²) in [5.41, 5.74) is 0.0157. The maximum absolute atomic E-state index is 12.8. The Balaban J connectivity index is 1.56. The molecule has 11 heteroatoms. The van der Waals surface area contributed by atoms with Crippen molar-refractivity contribution in [2.45, 2.75) is 32.4 Å². The van der Waals surface area contributed by atoms with Gasteiger partial charge in [0.25, 0.3) is 5.91 Å². The Kier molecular flexibility index (Phi) is 6.58. The van der Waals surface area contributed by atoms with Crippen LogP contribution >= 0.6 is 23.2 Å². The second-order valence-electron chi connectivity index (χ2n) is 8.21. The highest BCUT2D eigenvalue weighted by atomic mass is 35.5. The zero-order valence-corrected chi connectivity index (χ0v) is 19.9. The number of amides is 3. The van der Waals surface area contributed by atoms with Crippen molar-refractivity contribution >= 4 is 53.1 Å². The molecule has 1 aromatic heterocycles. The van der Waals surface area contributed by atoms with Crippen molar-refractivity contribution in [1.29, 1.82) is 0 Å². The second kappa shape index (κ2) is 9.44. The molecule has 0 radical (unpaired) electrons. The average Bonchev–Trinajstić information content (AvgIpc) is 3.59. The Morgan fingerprint density at radius 3 is 2.59 bits per heavy atom. The van der Waals surface area contributed by atoms with Crippen LogP contribution < -0.4 is 16.0 Å². The van der Waals surface area contributed by atoms with E-state index in [4.69, 9.17) is 23.2 Å². The lowest BCUT2D eigenvalue weighted by Gasteiger charge is -2.32. The van der Waals surface area contributed by atoms with Crippen molar-refractivity contribution in [3.63, 3.8) is 0 Å². The molecule has 2 fully saturated rings.